The van der Waals surface area contributed by atoms with Gasteiger partial charge in [0.15, 0.2) is 0 Å². The maximum atomic E-state index is 3.60. The van der Waals surface area contributed by atoms with Crippen LogP contribution in [0.2, 0.25) is 0 Å². The largest absolute Gasteiger partial charge is 0.344 e. The molecule has 0 amide bonds. The quantitative estimate of drug-likeness (QED) is 0.827. The molecule has 0 bridgehead atoms. The Kier molecular flexibility index (Phi) is 4.64. The van der Waals surface area contributed by atoms with Gasteiger partial charge in [0.1, 0.15) is 0 Å². The van der Waals surface area contributed by atoms with Gasteiger partial charge in [-0.25, -0.2) is 0 Å². The highest BCUT2D eigenvalue weighted by Crippen LogP contribution is 2.32. The molecule has 21 heavy (non-hydrogen) atoms. The SMILES string of the molecule is CC(C)CNCc1cccc2ccn(C3CCCCC3)c12. The summed E-state index contributed by atoms with van der Waals surface area (Å²) in [7, 11) is 0. The maximum absolute atomic E-state index is 3.60. The number of aromatic nitrogens is 1. The highest BCUT2D eigenvalue weighted by Gasteiger charge is 2.17. The molecular formula is C19H28N2. The lowest BCUT2D eigenvalue weighted by molar-refractivity contribution is 0.360. The molecule has 1 N–H and O–H groups in total. The zero-order chi connectivity index (χ0) is 14.7. The molecule has 1 heterocycles. The van der Waals surface area contributed by atoms with Gasteiger partial charge in [-0.05, 0) is 42.3 Å². The van der Waals surface area contributed by atoms with Crippen LogP contribution in [0, 0.1) is 5.92 Å². The molecule has 1 saturated carbocycles. The smallest absolute Gasteiger partial charge is 0.0528 e. The van der Waals surface area contributed by atoms with Crippen molar-refractivity contribution in [2.45, 2.75) is 58.5 Å². The summed E-state index contributed by atoms with van der Waals surface area (Å²) in [5.41, 5.74) is 2.91. The van der Waals surface area contributed by atoms with Crippen LogP contribution >= 0.6 is 0 Å². The van der Waals surface area contributed by atoms with Crippen molar-refractivity contribution in [3.05, 3.63) is 36.0 Å². The third-order valence-electron chi connectivity index (χ3n) is 4.66. The number of fused-ring (bicyclic) bond motifs is 1. The van der Waals surface area contributed by atoms with Crippen molar-refractivity contribution in [1.82, 2.24) is 9.88 Å². The predicted octanol–water partition coefficient (Wildman–Crippen LogP) is 4.89. The first-order chi connectivity index (χ1) is 10.3. The fourth-order valence-electron chi connectivity index (χ4n) is 3.60. The first-order valence-electron chi connectivity index (χ1n) is 8.55. The molecule has 2 aromatic rings. The number of hydrogen-bond acceptors (Lipinski definition) is 1. The van der Waals surface area contributed by atoms with Crippen molar-refractivity contribution in [3.8, 4) is 0 Å². The third kappa shape index (κ3) is 3.32. The molecular weight excluding hydrogens is 256 g/mol. The standard InChI is InChI=1S/C19H28N2/c1-15(2)13-20-14-17-8-6-7-16-11-12-21(19(16)17)18-9-4-3-5-10-18/h6-8,11-12,15,18,20H,3-5,9-10,13-14H2,1-2H3. The Hall–Kier alpha value is -1.28. The van der Waals surface area contributed by atoms with Crippen LogP contribution in [0.4, 0.5) is 0 Å². The van der Waals surface area contributed by atoms with Gasteiger partial charge in [0.2, 0.25) is 0 Å². The summed E-state index contributed by atoms with van der Waals surface area (Å²) in [4.78, 5) is 0. The van der Waals surface area contributed by atoms with E-state index in [4.69, 9.17) is 0 Å². The lowest BCUT2D eigenvalue weighted by Gasteiger charge is -2.25. The van der Waals surface area contributed by atoms with E-state index < -0.39 is 0 Å². The zero-order valence-corrected chi connectivity index (χ0v) is 13.4. The van der Waals surface area contributed by atoms with Crippen LogP contribution in [-0.4, -0.2) is 11.1 Å². The van der Waals surface area contributed by atoms with Crippen molar-refractivity contribution in [2.75, 3.05) is 6.54 Å². The second-order valence-electron chi connectivity index (χ2n) is 6.89. The summed E-state index contributed by atoms with van der Waals surface area (Å²) < 4.78 is 2.56. The number of para-hydroxylation sites is 1. The van der Waals surface area contributed by atoms with Crippen molar-refractivity contribution < 1.29 is 0 Å². The molecule has 2 heteroatoms. The third-order valence-corrected chi connectivity index (χ3v) is 4.66. The Morgan fingerprint density at radius 3 is 2.71 bits per heavy atom. The van der Waals surface area contributed by atoms with Crippen LogP contribution in [0.15, 0.2) is 30.5 Å². The van der Waals surface area contributed by atoms with Gasteiger partial charge in [0.05, 0.1) is 5.52 Å². The van der Waals surface area contributed by atoms with Crippen LogP contribution in [0.3, 0.4) is 0 Å². The van der Waals surface area contributed by atoms with Crippen LogP contribution in [-0.2, 0) is 6.54 Å². The minimum atomic E-state index is 0.703. The summed E-state index contributed by atoms with van der Waals surface area (Å²) in [6, 6.07) is 9.73. The van der Waals surface area contributed by atoms with E-state index in [-0.39, 0.29) is 0 Å². The van der Waals surface area contributed by atoms with Crippen molar-refractivity contribution in [1.29, 1.82) is 0 Å². The van der Waals surface area contributed by atoms with Gasteiger partial charge in [-0.3, -0.25) is 0 Å². The molecule has 0 unspecified atom stereocenters. The van der Waals surface area contributed by atoms with E-state index in [1.807, 2.05) is 0 Å². The van der Waals surface area contributed by atoms with E-state index in [1.165, 1.54) is 48.6 Å². The van der Waals surface area contributed by atoms with Crippen LogP contribution in [0.5, 0.6) is 0 Å². The molecule has 1 fully saturated rings. The van der Waals surface area contributed by atoms with E-state index >= 15 is 0 Å². The van der Waals surface area contributed by atoms with Gasteiger partial charge < -0.3 is 9.88 Å². The Balaban J connectivity index is 1.87. The Morgan fingerprint density at radius 2 is 1.95 bits per heavy atom. The molecule has 0 saturated heterocycles. The maximum Gasteiger partial charge on any atom is 0.0528 e. The zero-order valence-electron chi connectivity index (χ0n) is 13.4. The summed E-state index contributed by atoms with van der Waals surface area (Å²) in [5.74, 6) is 0.703. The number of nitrogens with one attached hydrogen (secondary N) is 1. The van der Waals surface area contributed by atoms with Crippen LogP contribution in [0.1, 0.15) is 57.6 Å². The van der Waals surface area contributed by atoms with Gasteiger partial charge in [0.25, 0.3) is 0 Å². The van der Waals surface area contributed by atoms with Crippen molar-refractivity contribution >= 4 is 10.9 Å². The minimum Gasteiger partial charge on any atom is -0.344 e. The monoisotopic (exact) mass is 284 g/mol. The predicted molar refractivity (Wildman–Crippen MR) is 90.6 cm³/mol. The Bertz CT molecular complexity index is 576. The van der Waals surface area contributed by atoms with Gasteiger partial charge in [0, 0.05) is 18.8 Å². The molecule has 1 aliphatic rings. The molecule has 3 rings (SSSR count). The summed E-state index contributed by atoms with van der Waals surface area (Å²) >= 11 is 0. The number of rotatable bonds is 5. The summed E-state index contributed by atoms with van der Waals surface area (Å²) in [6.07, 6.45) is 9.19. The lowest BCUT2D eigenvalue weighted by atomic mass is 9.95. The average molecular weight is 284 g/mol. The second-order valence-corrected chi connectivity index (χ2v) is 6.89. The van der Waals surface area contributed by atoms with E-state index in [0.29, 0.717) is 12.0 Å². The number of benzene rings is 1. The summed E-state index contributed by atoms with van der Waals surface area (Å²) in [5, 5.41) is 4.99. The molecule has 1 aromatic heterocycles. The highest BCUT2D eigenvalue weighted by atomic mass is 15.0. The van der Waals surface area contributed by atoms with Gasteiger partial charge in [-0.1, -0.05) is 51.3 Å². The van der Waals surface area contributed by atoms with Crippen molar-refractivity contribution in [3.63, 3.8) is 0 Å². The molecule has 0 spiro atoms. The first-order valence-corrected chi connectivity index (χ1v) is 8.55. The number of hydrogen-bond donors (Lipinski definition) is 1. The molecule has 2 nitrogen and oxygen atoms in total. The Morgan fingerprint density at radius 1 is 1.14 bits per heavy atom. The fourth-order valence-corrected chi connectivity index (χ4v) is 3.60. The fraction of sp³-hybridized carbons (Fsp3) is 0.579. The van der Waals surface area contributed by atoms with Gasteiger partial charge in [-0.15, -0.1) is 0 Å². The molecule has 0 atom stereocenters. The van der Waals surface area contributed by atoms with E-state index in [9.17, 15) is 0 Å². The average Bonchev–Trinajstić information content (AvgIpc) is 2.93. The topological polar surface area (TPSA) is 17.0 Å². The van der Waals surface area contributed by atoms with E-state index in [0.717, 1.165) is 13.1 Å². The second kappa shape index (κ2) is 6.65. The van der Waals surface area contributed by atoms with E-state index in [1.54, 1.807) is 0 Å². The molecule has 114 valence electrons. The van der Waals surface area contributed by atoms with Crippen LogP contribution in [0.25, 0.3) is 10.9 Å². The molecule has 0 aliphatic heterocycles. The highest BCUT2D eigenvalue weighted by molar-refractivity contribution is 5.83. The first kappa shape index (κ1) is 14.6. The van der Waals surface area contributed by atoms with Gasteiger partial charge >= 0.3 is 0 Å². The van der Waals surface area contributed by atoms with Crippen molar-refractivity contribution in [2.24, 2.45) is 5.92 Å². The normalized spacial score (nSPS) is 16.9. The van der Waals surface area contributed by atoms with Crippen LogP contribution < -0.4 is 5.32 Å². The minimum absolute atomic E-state index is 0.703. The van der Waals surface area contributed by atoms with Gasteiger partial charge in [-0.2, -0.15) is 0 Å². The van der Waals surface area contributed by atoms with E-state index in [2.05, 4.69) is 54.2 Å². The molecule has 1 aromatic carbocycles. The molecule has 0 radical (unpaired) electrons. The summed E-state index contributed by atoms with van der Waals surface area (Å²) in [6.45, 7) is 6.59. The lowest BCUT2D eigenvalue weighted by Crippen LogP contribution is -2.20. The Labute approximate surface area is 128 Å². The molecule has 1 aliphatic carbocycles. The number of nitrogens with zero attached hydrogens (tertiary/aromatic N) is 1.